The second kappa shape index (κ2) is 3.10. The maximum Gasteiger partial charge on any atom is 0.213 e. The van der Waals surface area contributed by atoms with Crippen LogP contribution in [0.25, 0.3) is 22.9 Å². The predicted molar refractivity (Wildman–Crippen MR) is 68.9 cm³/mol. The highest BCUT2D eigenvalue weighted by molar-refractivity contribution is 5.81. The minimum absolute atomic E-state index is 0.922. The molecule has 0 atom stereocenters. The van der Waals surface area contributed by atoms with Crippen molar-refractivity contribution in [2.45, 2.75) is 6.42 Å². The summed E-state index contributed by atoms with van der Waals surface area (Å²) in [6.07, 6.45) is 9.27. The van der Waals surface area contributed by atoms with Crippen LogP contribution in [0, 0.1) is 0 Å². The maximum absolute atomic E-state index is 4.63. The van der Waals surface area contributed by atoms with E-state index in [1.54, 1.807) is 0 Å². The van der Waals surface area contributed by atoms with Crippen molar-refractivity contribution in [3.63, 3.8) is 0 Å². The van der Waals surface area contributed by atoms with Crippen molar-refractivity contribution in [3.8, 4) is 0 Å². The monoisotopic (exact) mass is 221 g/mol. The molecule has 1 aromatic carbocycles. The van der Waals surface area contributed by atoms with Gasteiger partial charge in [0.05, 0.1) is 22.4 Å². The average Bonchev–Trinajstić information content (AvgIpc) is 2.77. The van der Waals surface area contributed by atoms with Crippen LogP contribution in [-0.4, -0.2) is 14.4 Å². The lowest BCUT2D eigenvalue weighted by atomic mass is 10.2. The molecule has 3 heteroatoms. The van der Waals surface area contributed by atoms with E-state index in [0.29, 0.717) is 0 Å². The molecule has 0 radical (unpaired) electrons. The molecule has 0 aliphatic heterocycles. The van der Waals surface area contributed by atoms with Gasteiger partial charge < -0.3 is 4.98 Å². The third-order valence-electron chi connectivity index (χ3n) is 3.21. The molecule has 3 aromatic rings. The average molecular weight is 221 g/mol. The third kappa shape index (κ3) is 1.13. The summed E-state index contributed by atoms with van der Waals surface area (Å²) in [7, 11) is 0. The van der Waals surface area contributed by atoms with Crippen LogP contribution in [0.5, 0.6) is 0 Å². The second-order valence-electron chi connectivity index (χ2n) is 4.24. The molecule has 0 saturated heterocycles. The van der Waals surface area contributed by atoms with Crippen molar-refractivity contribution in [2.75, 3.05) is 0 Å². The smallest absolute Gasteiger partial charge is 0.213 e. The molecule has 3 nitrogen and oxygen atoms in total. The van der Waals surface area contributed by atoms with Crippen molar-refractivity contribution in [3.05, 3.63) is 53.9 Å². The highest BCUT2D eigenvalue weighted by atomic mass is 15.1. The number of benzene rings is 1. The van der Waals surface area contributed by atoms with Crippen LogP contribution < -0.4 is 0 Å². The number of imidazole rings is 2. The van der Waals surface area contributed by atoms with Crippen LogP contribution in [0.3, 0.4) is 0 Å². The summed E-state index contributed by atoms with van der Waals surface area (Å²) in [4.78, 5) is 7.98. The van der Waals surface area contributed by atoms with Crippen LogP contribution in [0.1, 0.15) is 11.4 Å². The Morgan fingerprint density at radius 2 is 2.12 bits per heavy atom. The first-order chi connectivity index (χ1) is 8.43. The van der Waals surface area contributed by atoms with Crippen molar-refractivity contribution < 1.29 is 0 Å². The zero-order chi connectivity index (χ0) is 11.2. The van der Waals surface area contributed by atoms with E-state index < -0.39 is 0 Å². The molecule has 1 aliphatic carbocycles. The molecule has 82 valence electrons. The van der Waals surface area contributed by atoms with Crippen molar-refractivity contribution >= 4 is 22.9 Å². The molecule has 0 saturated carbocycles. The van der Waals surface area contributed by atoms with Gasteiger partial charge in [0.25, 0.3) is 0 Å². The number of nitrogens with one attached hydrogen (secondary N) is 1. The number of aromatic amines is 1. The summed E-state index contributed by atoms with van der Waals surface area (Å²) in [6, 6.07) is 8.30. The van der Waals surface area contributed by atoms with Gasteiger partial charge >= 0.3 is 0 Å². The Balaban J connectivity index is 2.18. The van der Waals surface area contributed by atoms with Gasteiger partial charge in [-0.1, -0.05) is 30.4 Å². The predicted octanol–water partition coefficient (Wildman–Crippen LogP) is 2.94. The third-order valence-corrected chi connectivity index (χ3v) is 3.21. The number of nitrogens with zero attached hydrogens (tertiary/aromatic N) is 2. The van der Waals surface area contributed by atoms with Gasteiger partial charge in [-0.2, -0.15) is 0 Å². The lowest BCUT2D eigenvalue weighted by Crippen LogP contribution is -1.90. The SMILES string of the molecule is C1=CCc2c(nc3[nH]c4ccccc4n23)C=C1. The highest BCUT2D eigenvalue weighted by Crippen LogP contribution is 2.23. The molecule has 0 unspecified atom stereocenters. The summed E-state index contributed by atoms with van der Waals surface area (Å²) < 4.78 is 2.21. The molecule has 4 rings (SSSR count). The van der Waals surface area contributed by atoms with Crippen LogP contribution in [0.4, 0.5) is 0 Å². The van der Waals surface area contributed by atoms with Gasteiger partial charge in [-0.15, -0.1) is 0 Å². The van der Waals surface area contributed by atoms with Crippen LogP contribution in [0.15, 0.2) is 42.5 Å². The first kappa shape index (κ1) is 8.82. The molecular weight excluding hydrogens is 210 g/mol. The number of hydrogen-bond acceptors (Lipinski definition) is 1. The van der Waals surface area contributed by atoms with E-state index in [2.05, 4.69) is 50.8 Å². The zero-order valence-corrected chi connectivity index (χ0v) is 9.22. The summed E-state index contributed by atoms with van der Waals surface area (Å²) in [5, 5.41) is 0. The summed E-state index contributed by atoms with van der Waals surface area (Å²) in [6.45, 7) is 0. The number of H-pyrrole nitrogens is 1. The van der Waals surface area contributed by atoms with Gasteiger partial charge in [-0.05, 0) is 18.2 Å². The van der Waals surface area contributed by atoms with Gasteiger partial charge in [0, 0.05) is 6.42 Å². The fraction of sp³-hybridized carbons (Fsp3) is 0.0714. The largest absolute Gasteiger partial charge is 0.323 e. The number of fused-ring (bicyclic) bond motifs is 5. The van der Waals surface area contributed by atoms with Gasteiger partial charge in [0.15, 0.2) is 0 Å². The lowest BCUT2D eigenvalue weighted by Gasteiger charge is -1.97. The van der Waals surface area contributed by atoms with E-state index in [4.69, 9.17) is 0 Å². The van der Waals surface area contributed by atoms with E-state index in [9.17, 15) is 0 Å². The molecule has 17 heavy (non-hydrogen) atoms. The number of aromatic nitrogens is 3. The summed E-state index contributed by atoms with van der Waals surface area (Å²) in [5.74, 6) is 0.927. The van der Waals surface area contributed by atoms with Crippen LogP contribution >= 0.6 is 0 Å². The Labute approximate surface area is 98.1 Å². The van der Waals surface area contributed by atoms with Crippen molar-refractivity contribution in [1.29, 1.82) is 0 Å². The minimum Gasteiger partial charge on any atom is -0.323 e. The Morgan fingerprint density at radius 1 is 1.18 bits per heavy atom. The van der Waals surface area contributed by atoms with Gasteiger partial charge in [-0.25, -0.2) is 4.98 Å². The van der Waals surface area contributed by atoms with Gasteiger partial charge in [0.2, 0.25) is 5.78 Å². The number of rotatable bonds is 0. The van der Waals surface area contributed by atoms with Crippen LogP contribution in [0.2, 0.25) is 0 Å². The van der Waals surface area contributed by atoms with E-state index >= 15 is 0 Å². The number of hydrogen-bond donors (Lipinski definition) is 1. The minimum atomic E-state index is 0.922. The molecule has 0 spiro atoms. The normalized spacial score (nSPS) is 14.4. The fourth-order valence-corrected chi connectivity index (χ4v) is 2.44. The summed E-state index contributed by atoms with van der Waals surface area (Å²) in [5.41, 5.74) is 4.64. The maximum atomic E-state index is 4.63. The van der Waals surface area contributed by atoms with E-state index in [1.165, 1.54) is 11.2 Å². The second-order valence-corrected chi connectivity index (χ2v) is 4.24. The van der Waals surface area contributed by atoms with E-state index in [0.717, 1.165) is 23.4 Å². The number of para-hydroxylation sites is 2. The standard InChI is InChI=1S/C14H11N3/c1-2-6-10-12(8-3-1)17-13-9-5-4-7-11(13)16-14(17)15-10/h1-7,9H,8H2,(H,15,16). The molecule has 0 amide bonds. The molecule has 0 fully saturated rings. The zero-order valence-electron chi connectivity index (χ0n) is 9.22. The molecular formula is C14H11N3. The van der Waals surface area contributed by atoms with Gasteiger partial charge in [0.1, 0.15) is 0 Å². The lowest BCUT2D eigenvalue weighted by molar-refractivity contribution is 1.09. The number of allylic oxidation sites excluding steroid dienone is 3. The molecule has 2 heterocycles. The summed E-state index contributed by atoms with van der Waals surface area (Å²) >= 11 is 0. The Morgan fingerprint density at radius 3 is 3.12 bits per heavy atom. The Bertz CT molecular complexity index is 771. The highest BCUT2D eigenvalue weighted by Gasteiger charge is 2.14. The molecule has 1 N–H and O–H groups in total. The van der Waals surface area contributed by atoms with Crippen molar-refractivity contribution in [2.24, 2.45) is 0 Å². The quantitative estimate of drug-likeness (QED) is 0.622. The first-order valence-electron chi connectivity index (χ1n) is 5.75. The van der Waals surface area contributed by atoms with E-state index in [-0.39, 0.29) is 0 Å². The Kier molecular flexibility index (Phi) is 1.61. The molecule has 2 aromatic heterocycles. The Hall–Kier alpha value is -2.29. The van der Waals surface area contributed by atoms with Crippen LogP contribution in [-0.2, 0) is 6.42 Å². The fourth-order valence-electron chi connectivity index (χ4n) is 2.44. The first-order valence-corrected chi connectivity index (χ1v) is 5.75. The van der Waals surface area contributed by atoms with E-state index in [1.807, 2.05) is 12.1 Å². The molecule has 1 aliphatic rings. The molecule has 0 bridgehead atoms. The van der Waals surface area contributed by atoms with Gasteiger partial charge in [-0.3, -0.25) is 4.40 Å². The topological polar surface area (TPSA) is 33.1 Å². The van der Waals surface area contributed by atoms with Crippen molar-refractivity contribution in [1.82, 2.24) is 14.4 Å².